The van der Waals surface area contributed by atoms with Crippen LogP contribution in [-0.2, 0) is 21.7 Å². The van der Waals surface area contributed by atoms with Crippen LogP contribution < -0.4 is 0 Å². The second-order valence-electron chi connectivity index (χ2n) is 0.283. The Morgan fingerprint density at radius 1 is 1.00 bits per heavy atom. The molecule has 0 saturated heterocycles. The Hall–Kier alpha value is 2.98. The molecule has 0 aromatic heterocycles. The van der Waals surface area contributed by atoms with Gasteiger partial charge < -0.3 is 10.2 Å². The Morgan fingerprint density at radius 3 is 1.00 bits per heavy atom. The van der Waals surface area contributed by atoms with Crippen LogP contribution >= 0.6 is 0 Å². The van der Waals surface area contributed by atoms with Gasteiger partial charge in [-0.1, -0.05) is 0 Å². The summed E-state index contributed by atoms with van der Waals surface area (Å²) in [6, 6.07) is 0. The first-order valence-corrected chi connectivity index (χ1v) is 0.651. The molecular weight excluding hydrogens is 177 g/mol. The fraction of sp³-hybridized carbons (Fsp3) is 0. The maximum Gasteiger partial charge on any atom is 0 e. The van der Waals surface area contributed by atoms with E-state index in [4.69, 9.17) is 15.0 Å². The molecule has 0 aromatic carbocycles. The van der Waals surface area contributed by atoms with E-state index in [9.17, 15) is 0 Å². The third-order valence-electron chi connectivity index (χ3n) is 0. The molecule has 0 radical (unpaired) electrons. The minimum absolute atomic E-state index is 0. The van der Waals surface area contributed by atoms with Crippen molar-refractivity contribution in [1.82, 2.24) is 0 Å². The summed E-state index contributed by atoms with van der Waals surface area (Å²) >= 11 is 0. The average molecular weight is 182 g/mol. The number of carboxylic acid groups (broad SMARTS) is 2. The molecule has 7 heteroatoms. The third kappa shape index (κ3) is 64.3. The van der Waals surface area contributed by atoms with E-state index in [2.05, 4.69) is 0 Å². The van der Waals surface area contributed by atoms with E-state index < -0.39 is 6.16 Å². The van der Waals surface area contributed by atoms with E-state index in [1.807, 2.05) is 0 Å². The van der Waals surface area contributed by atoms with Crippen molar-refractivity contribution in [2.75, 3.05) is 0 Å². The molecule has 34 valence electrons. The van der Waals surface area contributed by atoms with Crippen molar-refractivity contribution in [2.45, 2.75) is 0 Å². The summed E-state index contributed by atoms with van der Waals surface area (Å²) in [6.07, 6.45) is -1.83. The monoisotopic (exact) mass is 182 g/mol. The Labute approximate surface area is 129 Å². The Bertz CT molecular complexity index is 37.5. The van der Waals surface area contributed by atoms with Crippen LogP contribution in [0.4, 0.5) is 4.79 Å². The third-order valence-corrected chi connectivity index (χ3v) is 0. The number of hydrogen-bond donors (Lipinski definition) is 2. The minimum Gasteiger partial charge on any atom is 0 e. The molecule has 0 amide bonds. The zero-order chi connectivity index (χ0) is 3.58. The molecule has 0 aromatic rings. The molecule has 0 atom stereocenters. The zero-order valence-corrected chi connectivity index (χ0v) is 3.86. The van der Waals surface area contributed by atoms with Crippen molar-refractivity contribution in [3.05, 3.63) is 0 Å². The molecular formula is CH5Na3O3Ti. The predicted molar refractivity (Wildman–Crippen MR) is 32.1 cm³/mol. The number of rotatable bonds is 0. The van der Waals surface area contributed by atoms with Gasteiger partial charge in [0.1, 0.15) is 0 Å². The maximum atomic E-state index is 8.56. The van der Waals surface area contributed by atoms with E-state index in [1.165, 1.54) is 0 Å². The molecule has 8 heavy (non-hydrogen) atoms. The zero-order valence-electron chi connectivity index (χ0n) is 2.30. The van der Waals surface area contributed by atoms with Crippen LogP contribution in [0, 0.1) is 0 Å². The van der Waals surface area contributed by atoms with Gasteiger partial charge in [0.2, 0.25) is 0 Å². The van der Waals surface area contributed by atoms with Gasteiger partial charge in [0, 0.05) is 21.7 Å². The van der Waals surface area contributed by atoms with E-state index in [0.29, 0.717) is 0 Å². The predicted octanol–water partition coefficient (Wildman–Crippen LogP) is -1.73. The molecule has 0 spiro atoms. The molecule has 0 saturated carbocycles. The van der Waals surface area contributed by atoms with Crippen molar-refractivity contribution in [1.29, 1.82) is 0 Å². The summed E-state index contributed by atoms with van der Waals surface area (Å²) < 4.78 is 0. The van der Waals surface area contributed by atoms with Crippen LogP contribution in [-0.4, -0.2) is 105 Å². The first kappa shape index (κ1) is 30.6. The van der Waals surface area contributed by atoms with Gasteiger partial charge in [0.15, 0.2) is 0 Å². The van der Waals surface area contributed by atoms with Crippen molar-refractivity contribution in [3.8, 4) is 0 Å². The van der Waals surface area contributed by atoms with E-state index in [1.54, 1.807) is 0 Å². The van der Waals surface area contributed by atoms with E-state index >= 15 is 0 Å². The van der Waals surface area contributed by atoms with Crippen LogP contribution in [0.25, 0.3) is 0 Å². The van der Waals surface area contributed by atoms with Crippen LogP contribution in [0.3, 0.4) is 0 Å². The Kier molecular flexibility index (Phi) is 86.0. The molecule has 0 aliphatic carbocycles. The summed E-state index contributed by atoms with van der Waals surface area (Å²) in [6.45, 7) is 0. The first-order valence-electron chi connectivity index (χ1n) is 0.651. The van der Waals surface area contributed by atoms with Gasteiger partial charge in [0.05, 0.1) is 0 Å². The normalized spacial score (nSPS) is 3.00. The van der Waals surface area contributed by atoms with Crippen LogP contribution in [0.5, 0.6) is 0 Å². The van der Waals surface area contributed by atoms with Gasteiger partial charge >= 0.3 is 94.8 Å². The molecule has 2 N–H and O–H groups in total. The molecule has 0 aliphatic rings. The molecule has 3 nitrogen and oxygen atoms in total. The van der Waals surface area contributed by atoms with E-state index in [-0.39, 0.29) is 110 Å². The number of carbonyl (C=O) groups is 1. The molecule has 0 unspecified atom stereocenters. The summed E-state index contributed by atoms with van der Waals surface area (Å²) in [7, 11) is 0. The van der Waals surface area contributed by atoms with Crippen LogP contribution in [0.1, 0.15) is 0 Å². The fourth-order valence-electron chi connectivity index (χ4n) is 0. The van der Waals surface area contributed by atoms with Crippen LogP contribution in [0.15, 0.2) is 0 Å². The summed E-state index contributed by atoms with van der Waals surface area (Å²) in [5.74, 6) is 0. The summed E-state index contributed by atoms with van der Waals surface area (Å²) in [5.41, 5.74) is 0. The van der Waals surface area contributed by atoms with Gasteiger partial charge in [-0.2, -0.15) is 0 Å². The van der Waals surface area contributed by atoms with Gasteiger partial charge in [-0.05, 0) is 0 Å². The van der Waals surface area contributed by atoms with Crippen molar-refractivity contribution < 1.29 is 36.7 Å². The quantitative estimate of drug-likeness (QED) is 0.438. The van der Waals surface area contributed by atoms with Crippen molar-refractivity contribution in [3.63, 3.8) is 0 Å². The minimum atomic E-state index is -1.83. The van der Waals surface area contributed by atoms with Gasteiger partial charge in [0.25, 0.3) is 0 Å². The summed E-state index contributed by atoms with van der Waals surface area (Å²) in [5, 5.41) is 13.9. The second-order valence-corrected chi connectivity index (χ2v) is 0.283. The topological polar surface area (TPSA) is 57.5 Å². The second kappa shape index (κ2) is 22.5. The van der Waals surface area contributed by atoms with Gasteiger partial charge in [-0.25, -0.2) is 4.79 Å². The molecule has 0 bridgehead atoms. The van der Waals surface area contributed by atoms with E-state index in [0.717, 1.165) is 0 Å². The van der Waals surface area contributed by atoms with Crippen LogP contribution in [0.2, 0.25) is 0 Å². The Balaban J connectivity index is -0.00000000750. The molecule has 0 heterocycles. The average Bonchev–Trinajstić information content (AvgIpc) is 0.811. The SMILES string of the molecule is O=C(O)O.[NaH].[NaH].[NaH].[Ti]. The fourth-order valence-corrected chi connectivity index (χ4v) is 0. The molecule has 0 fully saturated rings. The smallest absolute Gasteiger partial charge is 0 e. The summed E-state index contributed by atoms with van der Waals surface area (Å²) in [4.78, 5) is 8.56. The van der Waals surface area contributed by atoms with Gasteiger partial charge in [-0.3, -0.25) is 0 Å². The van der Waals surface area contributed by atoms with Crippen molar-refractivity contribution >= 4 is 94.8 Å². The van der Waals surface area contributed by atoms with Crippen molar-refractivity contribution in [2.24, 2.45) is 0 Å². The molecule has 0 rings (SSSR count). The molecule has 0 aliphatic heterocycles. The largest absolute Gasteiger partial charge is 0 e. The maximum absolute atomic E-state index is 8.56. The van der Waals surface area contributed by atoms with Gasteiger partial charge in [-0.15, -0.1) is 0 Å². The Morgan fingerprint density at radius 2 is 1.00 bits per heavy atom. The standard InChI is InChI=1S/CH2O3.3Na.Ti.3H/c2-1(3)4;;;;;;;/h(H2,2,3,4);;;;;;;. The first-order chi connectivity index (χ1) is 1.73. The number of hydrogen-bond acceptors (Lipinski definition) is 1.